The number of hydrogen-bond donors (Lipinski definition) is 0. The molecule has 0 N–H and O–H groups in total. The molecule has 0 radical (unpaired) electrons. The molecule has 21 heavy (non-hydrogen) atoms. The van der Waals surface area contributed by atoms with E-state index in [0.717, 1.165) is 5.70 Å². The summed E-state index contributed by atoms with van der Waals surface area (Å²) in [7, 11) is 1.73. The first-order chi connectivity index (χ1) is 10.1. The lowest BCUT2D eigenvalue weighted by Gasteiger charge is -2.32. The highest BCUT2D eigenvalue weighted by Crippen LogP contribution is 2.27. The van der Waals surface area contributed by atoms with Crippen LogP contribution in [0.15, 0.2) is 36.8 Å². The molecule has 1 unspecified atom stereocenters. The molecule has 0 spiro atoms. The minimum Gasteiger partial charge on any atom is -0.339 e. The first kappa shape index (κ1) is 13.7. The van der Waals surface area contributed by atoms with Crippen LogP contribution in [0.4, 0.5) is 4.79 Å². The van der Waals surface area contributed by atoms with Crippen LogP contribution >= 0.6 is 0 Å². The first-order valence-electron chi connectivity index (χ1n) is 6.83. The largest absolute Gasteiger partial charge is 0.345 e. The number of rotatable bonds is 4. The minimum atomic E-state index is -0.141. The molecule has 1 fully saturated rings. The summed E-state index contributed by atoms with van der Waals surface area (Å²) in [5.41, 5.74) is 0.946. The second-order valence-electron chi connectivity index (χ2n) is 5.23. The summed E-state index contributed by atoms with van der Waals surface area (Å²) in [6.45, 7) is 5.28. The van der Waals surface area contributed by atoms with Crippen molar-refractivity contribution < 1.29 is 14.4 Å². The minimum absolute atomic E-state index is 0.0254. The molecular weight excluding hydrogens is 272 g/mol. The van der Waals surface area contributed by atoms with Gasteiger partial charge < -0.3 is 14.7 Å². The fourth-order valence-corrected chi connectivity index (χ4v) is 2.62. The lowest BCUT2D eigenvalue weighted by atomic mass is 10.1. The number of carbonyl (C=O) groups excluding carboxylic acids is 2. The summed E-state index contributed by atoms with van der Waals surface area (Å²) in [4.78, 5) is 34.5. The van der Waals surface area contributed by atoms with Gasteiger partial charge in [0.05, 0.1) is 19.2 Å². The number of amides is 3. The van der Waals surface area contributed by atoms with E-state index < -0.39 is 0 Å². The second-order valence-corrected chi connectivity index (χ2v) is 5.23. The molecule has 0 saturated carbocycles. The molecule has 7 heteroatoms. The average molecular weight is 290 g/mol. The Morgan fingerprint density at radius 1 is 1.38 bits per heavy atom. The van der Waals surface area contributed by atoms with Crippen molar-refractivity contribution in [1.29, 1.82) is 0 Å². The van der Waals surface area contributed by atoms with Crippen LogP contribution in [0.1, 0.15) is 0 Å². The molecule has 3 aliphatic heterocycles. The zero-order valence-corrected chi connectivity index (χ0v) is 11.9. The van der Waals surface area contributed by atoms with Gasteiger partial charge in [-0.2, -0.15) is 5.06 Å². The van der Waals surface area contributed by atoms with Crippen molar-refractivity contribution in [2.24, 2.45) is 0 Å². The Balaban J connectivity index is 1.77. The Morgan fingerprint density at radius 2 is 2.19 bits per heavy atom. The molecule has 0 aromatic heterocycles. The number of hydrogen-bond acceptors (Lipinski definition) is 4. The van der Waals surface area contributed by atoms with Gasteiger partial charge in [0.2, 0.25) is 5.91 Å². The van der Waals surface area contributed by atoms with E-state index in [1.54, 1.807) is 29.1 Å². The Labute approximate surface area is 123 Å². The fraction of sp³-hybridized carbons (Fsp3) is 0.429. The molecule has 0 aliphatic carbocycles. The van der Waals surface area contributed by atoms with Crippen LogP contribution in [0.5, 0.6) is 0 Å². The van der Waals surface area contributed by atoms with Gasteiger partial charge in [-0.25, -0.2) is 4.79 Å². The standard InChI is InChI=1S/C14H18N4O3/c1-3-6-21-18-12-7-11(8-17(9-12)14(18)20)16-5-4-15(2)13(19)10-16/h3-5,7,12H,1,6,8-10H2,2H3. The Morgan fingerprint density at radius 3 is 2.90 bits per heavy atom. The van der Waals surface area contributed by atoms with Gasteiger partial charge >= 0.3 is 6.03 Å². The maximum absolute atomic E-state index is 12.2. The van der Waals surface area contributed by atoms with Gasteiger partial charge in [0.1, 0.15) is 6.54 Å². The van der Waals surface area contributed by atoms with Crippen molar-refractivity contribution in [3.8, 4) is 0 Å². The van der Waals surface area contributed by atoms with Gasteiger partial charge in [0.25, 0.3) is 0 Å². The number of carbonyl (C=O) groups is 2. The first-order valence-corrected chi connectivity index (χ1v) is 6.83. The zero-order valence-electron chi connectivity index (χ0n) is 11.9. The summed E-state index contributed by atoms with van der Waals surface area (Å²) >= 11 is 0. The summed E-state index contributed by atoms with van der Waals surface area (Å²) in [5, 5.41) is 1.39. The van der Waals surface area contributed by atoms with Crippen LogP contribution in [0.2, 0.25) is 0 Å². The van der Waals surface area contributed by atoms with E-state index in [4.69, 9.17) is 4.84 Å². The highest BCUT2D eigenvalue weighted by Gasteiger charge is 2.41. The molecule has 0 aromatic carbocycles. The van der Waals surface area contributed by atoms with E-state index in [0.29, 0.717) is 26.2 Å². The van der Waals surface area contributed by atoms with Crippen LogP contribution in [0.25, 0.3) is 0 Å². The van der Waals surface area contributed by atoms with Crippen LogP contribution in [-0.2, 0) is 9.63 Å². The Bertz CT molecular complexity index is 542. The molecule has 3 heterocycles. The highest BCUT2D eigenvalue weighted by atomic mass is 16.7. The van der Waals surface area contributed by atoms with Crippen LogP contribution in [-0.4, -0.2) is 71.0 Å². The predicted octanol–water partition coefficient (Wildman–Crippen LogP) is 0.353. The van der Waals surface area contributed by atoms with Gasteiger partial charge in [0, 0.05) is 31.7 Å². The average Bonchev–Trinajstić information content (AvgIpc) is 2.70. The van der Waals surface area contributed by atoms with Gasteiger partial charge in [-0.3, -0.25) is 9.63 Å². The third kappa shape index (κ3) is 2.40. The van der Waals surface area contributed by atoms with Crippen molar-refractivity contribution in [3.63, 3.8) is 0 Å². The SMILES string of the molecule is C=CCON1C(=O)N2CC(N3C=CN(C)C(=O)C3)=CC1C2. The van der Waals surface area contributed by atoms with Crippen molar-refractivity contribution in [2.45, 2.75) is 6.04 Å². The van der Waals surface area contributed by atoms with Gasteiger partial charge in [0.15, 0.2) is 0 Å². The third-order valence-corrected chi connectivity index (χ3v) is 3.77. The van der Waals surface area contributed by atoms with E-state index >= 15 is 0 Å². The second kappa shape index (κ2) is 5.25. The normalized spacial score (nSPS) is 24.8. The van der Waals surface area contributed by atoms with Crippen LogP contribution in [0, 0.1) is 0 Å². The van der Waals surface area contributed by atoms with Crippen molar-refractivity contribution in [1.82, 2.24) is 19.8 Å². The van der Waals surface area contributed by atoms with Crippen molar-refractivity contribution >= 4 is 11.9 Å². The topological polar surface area (TPSA) is 56.3 Å². The van der Waals surface area contributed by atoms with Crippen LogP contribution in [0.3, 0.4) is 0 Å². The predicted molar refractivity (Wildman–Crippen MR) is 75.4 cm³/mol. The fourth-order valence-electron chi connectivity index (χ4n) is 2.62. The molecule has 3 rings (SSSR count). The van der Waals surface area contributed by atoms with Crippen LogP contribution < -0.4 is 0 Å². The molecular formula is C14H18N4O3. The summed E-state index contributed by atoms with van der Waals surface area (Å²) < 4.78 is 0. The van der Waals surface area contributed by atoms with Crippen molar-refractivity contribution in [3.05, 3.63) is 36.8 Å². The van der Waals surface area contributed by atoms with Gasteiger partial charge in [-0.15, -0.1) is 6.58 Å². The Hall–Kier alpha value is -2.28. The summed E-state index contributed by atoms with van der Waals surface area (Å²) in [6, 6.07) is -0.262. The molecule has 1 atom stereocenters. The quantitative estimate of drug-likeness (QED) is 0.701. The highest BCUT2D eigenvalue weighted by molar-refractivity contribution is 5.81. The lowest BCUT2D eigenvalue weighted by molar-refractivity contribution is -0.128. The molecule has 7 nitrogen and oxygen atoms in total. The van der Waals surface area contributed by atoms with Gasteiger partial charge in [-0.1, -0.05) is 6.08 Å². The van der Waals surface area contributed by atoms with E-state index in [2.05, 4.69) is 6.58 Å². The Kier molecular flexibility index (Phi) is 3.42. The number of urea groups is 1. The van der Waals surface area contributed by atoms with Gasteiger partial charge in [-0.05, 0) is 6.08 Å². The monoisotopic (exact) mass is 290 g/mol. The van der Waals surface area contributed by atoms with Crippen molar-refractivity contribution in [2.75, 3.05) is 33.3 Å². The molecule has 2 bridgehead atoms. The zero-order chi connectivity index (χ0) is 15.0. The van der Waals surface area contributed by atoms with E-state index in [-0.39, 0.29) is 18.0 Å². The van der Waals surface area contributed by atoms with E-state index in [9.17, 15) is 9.59 Å². The number of hydroxylamine groups is 2. The maximum atomic E-state index is 12.2. The summed E-state index contributed by atoms with van der Waals surface area (Å²) in [5.74, 6) is 0.0254. The molecule has 112 valence electrons. The van der Waals surface area contributed by atoms with E-state index in [1.165, 1.54) is 5.06 Å². The number of likely N-dealkylation sites (N-methyl/N-ethyl adjacent to an activating group) is 1. The number of fused-ring (bicyclic) bond motifs is 2. The smallest absolute Gasteiger partial charge is 0.339 e. The molecule has 0 aromatic rings. The van der Waals surface area contributed by atoms with E-state index in [1.807, 2.05) is 17.2 Å². The molecule has 3 aliphatic rings. The third-order valence-electron chi connectivity index (χ3n) is 3.77. The maximum Gasteiger partial charge on any atom is 0.345 e. The lowest BCUT2D eigenvalue weighted by Crippen LogP contribution is -2.42. The summed E-state index contributed by atoms with van der Waals surface area (Å²) in [6.07, 6.45) is 7.19. The molecule has 3 amide bonds. The number of nitrogens with zero attached hydrogens (tertiary/aromatic N) is 4. The molecule has 1 saturated heterocycles.